The Kier molecular flexibility index (Phi) is 4.72. The monoisotopic (exact) mass is 307 g/mol. The van der Waals surface area contributed by atoms with Gasteiger partial charge in [-0.15, -0.1) is 0 Å². The van der Waals surface area contributed by atoms with E-state index in [0.717, 1.165) is 11.1 Å². The lowest BCUT2D eigenvalue weighted by Crippen LogP contribution is -2.06. The van der Waals surface area contributed by atoms with E-state index in [2.05, 4.69) is 10.3 Å². The van der Waals surface area contributed by atoms with E-state index in [4.69, 9.17) is 16.3 Å². The molecule has 0 aliphatic heterocycles. The number of ether oxygens (including phenoxy) is 1. The van der Waals surface area contributed by atoms with Crippen molar-refractivity contribution in [3.05, 3.63) is 56.7 Å². The summed E-state index contributed by atoms with van der Waals surface area (Å²) in [6, 6.07) is 6.17. The summed E-state index contributed by atoms with van der Waals surface area (Å²) in [5, 5.41) is 14.3. The van der Waals surface area contributed by atoms with Crippen molar-refractivity contribution < 1.29 is 9.66 Å². The van der Waals surface area contributed by atoms with Crippen molar-refractivity contribution >= 4 is 17.3 Å². The number of halogens is 1. The molecule has 1 aromatic heterocycles. The van der Waals surface area contributed by atoms with E-state index in [1.807, 2.05) is 20.0 Å². The predicted molar refractivity (Wildman–Crippen MR) is 79.9 cm³/mol. The third kappa shape index (κ3) is 3.68. The maximum atomic E-state index is 11.0. The van der Waals surface area contributed by atoms with Crippen LogP contribution in [0.15, 0.2) is 30.5 Å². The smallest absolute Gasteiger partial charge is 0.313 e. The molecular weight excluding hydrogens is 294 g/mol. The molecule has 6 nitrogen and oxygen atoms in total. The van der Waals surface area contributed by atoms with Crippen LogP contribution in [0.25, 0.3) is 0 Å². The zero-order valence-corrected chi connectivity index (χ0v) is 12.3. The van der Waals surface area contributed by atoms with Gasteiger partial charge in [0.1, 0.15) is 0 Å². The van der Waals surface area contributed by atoms with Crippen molar-refractivity contribution in [2.45, 2.75) is 13.5 Å². The van der Waals surface area contributed by atoms with Gasteiger partial charge < -0.3 is 10.1 Å². The van der Waals surface area contributed by atoms with Gasteiger partial charge in [-0.1, -0.05) is 11.6 Å². The van der Waals surface area contributed by atoms with Crippen molar-refractivity contribution in [3.8, 4) is 11.6 Å². The van der Waals surface area contributed by atoms with Crippen LogP contribution in [0, 0.1) is 17.0 Å². The number of pyridine rings is 1. The highest BCUT2D eigenvalue weighted by Crippen LogP contribution is 2.33. The van der Waals surface area contributed by atoms with Crippen LogP contribution in [0.2, 0.25) is 5.02 Å². The van der Waals surface area contributed by atoms with E-state index in [9.17, 15) is 10.1 Å². The maximum Gasteiger partial charge on any atom is 0.313 e. The number of nitrogens with zero attached hydrogens (tertiary/aromatic N) is 2. The molecule has 7 heteroatoms. The average molecular weight is 308 g/mol. The average Bonchev–Trinajstić information content (AvgIpc) is 2.43. The van der Waals surface area contributed by atoms with Gasteiger partial charge in [0.05, 0.1) is 4.92 Å². The Labute approximate surface area is 126 Å². The molecule has 0 atom stereocenters. The van der Waals surface area contributed by atoms with Gasteiger partial charge in [-0.25, -0.2) is 4.98 Å². The molecule has 0 fully saturated rings. The SMILES string of the molecule is CNCc1cnc(Oc2ccc(Cl)cc2[N+](=O)[O-])c(C)c1. The number of nitro groups is 1. The van der Waals surface area contributed by atoms with Gasteiger partial charge in [0.25, 0.3) is 0 Å². The molecule has 2 rings (SSSR count). The third-order valence-electron chi connectivity index (χ3n) is 2.79. The normalized spacial score (nSPS) is 10.4. The van der Waals surface area contributed by atoms with E-state index in [0.29, 0.717) is 12.4 Å². The minimum atomic E-state index is -0.536. The second-order valence-corrected chi connectivity index (χ2v) is 4.90. The first-order valence-corrected chi connectivity index (χ1v) is 6.61. The number of rotatable bonds is 5. The van der Waals surface area contributed by atoms with Crippen LogP contribution in [0.1, 0.15) is 11.1 Å². The Bertz CT molecular complexity index is 677. The first-order chi connectivity index (χ1) is 10.0. The van der Waals surface area contributed by atoms with Crippen molar-refractivity contribution in [1.29, 1.82) is 0 Å². The molecule has 0 bridgehead atoms. The van der Waals surface area contributed by atoms with Gasteiger partial charge in [-0.3, -0.25) is 10.1 Å². The Morgan fingerprint density at radius 2 is 2.19 bits per heavy atom. The highest BCUT2D eigenvalue weighted by atomic mass is 35.5. The first-order valence-electron chi connectivity index (χ1n) is 6.23. The lowest BCUT2D eigenvalue weighted by atomic mass is 10.2. The summed E-state index contributed by atoms with van der Waals surface area (Å²) in [7, 11) is 1.84. The van der Waals surface area contributed by atoms with Crippen molar-refractivity contribution in [3.63, 3.8) is 0 Å². The molecule has 2 aromatic rings. The molecule has 1 aromatic carbocycles. The van der Waals surface area contributed by atoms with Crippen LogP contribution in [0.3, 0.4) is 0 Å². The van der Waals surface area contributed by atoms with Crippen molar-refractivity contribution in [2.24, 2.45) is 0 Å². The van der Waals surface area contributed by atoms with Crippen molar-refractivity contribution in [1.82, 2.24) is 10.3 Å². The Balaban J connectivity index is 2.32. The Morgan fingerprint density at radius 1 is 1.43 bits per heavy atom. The fraction of sp³-hybridized carbons (Fsp3) is 0.214. The van der Waals surface area contributed by atoms with Gasteiger partial charge in [0.15, 0.2) is 0 Å². The Morgan fingerprint density at radius 3 is 2.81 bits per heavy atom. The highest BCUT2D eigenvalue weighted by molar-refractivity contribution is 6.30. The van der Waals surface area contributed by atoms with Crippen LogP contribution in [-0.2, 0) is 6.54 Å². The fourth-order valence-corrected chi connectivity index (χ4v) is 2.02. The van der Waals surface area contributed by atoms with E-state index in [-0.39, 0.29) is 16.5 Å². The van der Waals surface area contributed by atoms with Gasteiger partial charge in [-0.05, 0) is 37.7 Å². The number of aryl methyl sites for hydroxylation is 1. The standard InChI is InChI=1S/C14H14ClN3O3/c1-9-5-10(7-16-2)8-17-14(9)21-13-4-3-11(15)6-12(13)18(19)20/h3-6,8,16H,7H2,1-2H3. The predicted octanol–water partition coefficient (Wildman–Crippen LogP) is 3.46. The van der Waals surface area contributed by atoms with Gasteiger partial charge in [0.2, 0.25) is 11.6 Å². The summed E-state index contributed by atoms with van der Waals surface area (Å²) in [6.07, 6.45) is 1.67. The van der Waals surface area contributed by atoms with Gasteiger partial charge >= 0.3 is 5.69 Å². The largest absolute Gasteiger partial charge is 0.432 e. The summed E-state index contributed by atoms with van der Waals surface area (Å²) >= 11 is 5.77. The van der Waals surface area contributed by atoms with Crippen LogP contribution >= 0.6 is 11.6 Å². The summed E-state index contributed by atoms with van der Waals surface area (Å²) in [6.45, 7) is 2.53. The summed E-state index contributed by atoms with van der Waals surface area (Å²) in [5.74, 6) is 0.446. The fourth-order valence-electron chi connectivity index (χ4n) is 1.85. The first kappa shape index (κ1) is 15.2. The van der Waals surface area contributed by atoms with Crippen LogP contribution in [0.5, 0.6) is 11.6 Å². The molecule has 0 aliphatic carbocycles. The number of nitrogens with one attached hydrogen (secondary N) is 1. The molecule has 1 heterocycles. The van der Waals surface area contributed by atoms with Crippen LogP contribution in [-0.4, -0.2) is 17.0 Å². The van der Waals surface area contributed by atoms with E-state index in [1.165, 1.54) is 18.2 Å². The highest BCUT2D eigenvalue weighted by Gasteiger charge is 2.17. The quantitative estimate of drug-likeness (QED) is 0.676. The topological polar surface area (TPSA) is 77.3 Å². The van der Waals surface area contributed by atoms with Gasteiger partial charge in [-0.2, -0.15) is 0 Å². The summed E-state index contributed by atoms with van der Waals surface area (Å²) < 4.78 is 5.56. The molecule has 0 spiro atoms. The zero-order valence-electron chi connectivity index (χ0n) is 11.6. The summed E-state index contributed by atoms with van der Waals surface area (Å²) in [4.78, 5) is 14.7. The van der Waals surface area contributed by atoms with E-state index < -0.39 is 4.92 Å². The molecular formula is C14H14ClN3O3. The molecule has 0 aliphatic rings. The lowest BCUT2D eigenvalue weighted by molar-refractivity contribution is -0.385. The van der Waals surface area contributed by atoms with Crippen molar-refractivity contribution in [2.75, 3.05) is 7.05 Å². The van der Waals surface area contributed by atoms with Crippen LogP contribution in [0.4, 0.5) is 5.69 Å². The molecule has 0 radical (unpaired) electrons. The second-order valence-electron chi connectivity index (χ2n) is 4.47. The minimum absolute atomic E-state index is 0.112. The molecule has 1 N–H and O–H groups in total. The zero-order chi connectivity index (χ0) is 15.4. The number of nitro benzene ring substituents is 1. The second kappa shape index (κ2) is 6.51. The molecule has 0 saturated carbocycles. The number of hydrogen-bond donors (Lipinski definition) is 1. The molecule has 0 saturated heterocycles. The van der Waals surface area contributed by atoms with Gasteiger partial charge in [0, 0.05) is 29.4 Å². The Hall–Kier alpha value is -2.18. The molecule has 110 valence electrons. The van der Waals surface area contributed by atoms with E-state index >= 15 is 0 Å². The summed E-state index contributed by atoms with van der Waals surface area (Å²) in [5.41, 5.74) is 1.61. The molecule has 0 unspecified atom stereocenters. The third-order valence-corrected chi connectivity index (χ3v) is 3.03. The lowest BCUT2D eigenvalue weighted by Gasteiger charge is -2.09. The van der Waals surface area contributed by atoms with Crippen LogP contribution < -0.4 is 10.1 Å². The number of benzene rings is 1. The molecule has 21 heavy (non-hydrogen) atoms. The maximum absolute atomic E-state index is 11.0. The molecule has 0 amide bonds. The number of aromatic nitrogens is 1. The minimum Gasteiger partial charge on any atom is -0.432 e. The van der Waals surface area contributed by atoms with E-state index in [1.54, 1.807) is 6.20 Å². The number of hydrogen-bond acceptors (Lipinski definition) is 5.